The summed E-state index contributed by atoms with van der Waals surface area (Å²) < 4.78 is 0. The fraction of sp³-hybridized carbons (Fsp3) is 0.480. The van der Waals surface area contributed by atoms with Crippen LogP contribution in [0.1, 0.15) is 44.1 Å². The van der Waals surface area contributed by atoms with E-state index in [-0.39, 0.29) is 63.2 Å². The zero-order valence-electron chi connectivity index (χ0n) is 22.8. The van der Waals surface area contributed by atoms with E-state index in [0.717, 1.165) is 0 Å². The van der Waals surface area contributed by atoms with Crippen LogP contribution in [0.15, 0.2) is 29.3 Å². The number of phenols is 1. The highest BCUT2D eigenvalue weighted by molar-refractivity contribution is 5.94. The maximum absolute atomic E-state index is 13.3. The zero-order chi connectivity index (χ0) is 31.8. The first-order valence-corrected chi connectivity index (χ1v) is 12.9. The second-order valence-corrected chi connectivity index (χ2v) is 9.39. The number of rotatable bonds is 19. The average Bonchev–Trinajstić information content (AvgIpc) is 2.91. The highest BCUT2D eigenvalue weighted by Gasteiger charge is 2.30. The van der Waals surface area contributed by atoms with E-state index in [2.05, 4.69) is 20.9 Å². The van der Waals surface area contributed by atoms with E-state index in [0.29, 0.717) is 5.56 Å². The minimum Gasteiger partial charge on any atom is -0.508 e. The van der Waals surface area contributed by atoms with Crippen LogP contribution >= 0.6 is 0 Å². The van der Waals surface area contributed by atoms with E-state index in [9.17, 15) is 39.0 Å². The molecule has 0 fully saturated rings. The number of hydrogen-bond donors (Lipinski definition) is 10. The van der Waals surface area contributed by atoms with Crippen LogP contribution in [0.2, 0.25) is 0 Å². The molecule has 0 saturated heterocycles. The number of hydrogen-bond acceptors (Lipinski definition) is 9. The molecule has 17 nitrogen and oxygen atoms in total. The number of nitrogens with one attached hydrogen (secondary N) is 3. The predicted molar refractivity (Wildman–Crippen MR) is 148 cm³/mol. The molecule has 0 spiro atoms. The van der Waals surface area contributed by atoms with Gasteiger partial charge >= 0.3 is 11.9 Å². The molecule has 0 aliphatic rings. The maximum Gasteiger partial charge on any atom is 0.326 e. The number of aliphatic imine (C=N–C) groups is 1. The van der Waals surface area contributed by atoms with Gasteiger partial charge in [-0.15, -0.1) is 0 Å². The average molecular weight is 595 g/mol. The van der Waals surface area contributed by atoms with Crippen LogP contribution in [0.4, 0.5) is 0 Å². The molecule has 0 heterocycles. The highest BCUT2D eigenvalue weighted by atomic mass is 16.4. The molecule has 0 saturated carbocycles. The van der Waals surface area contributed by atoms with Gasteiger partial charge in [-0.1, -0.05) is 12.1 Å². The first-order chi connectivity index (χ1) is 19.7. The lowest BCUT2D eigenvalue weighted by atomic mass is 10.0. The Morgan fingerprint density at radius 2 is 1.33 bits per heavy atom. The number of carbonyl (C=O) groups is 6. The molecule has 4 amide bonds. The molecule has 14 N–H and O–H groups in total. The van der Waals surface area contributed by atoms with Crippen molar-refractivity contribution in [1.82, 2.24) is 16.0 Å². The summed E-state index contributed by atoms with van der Waals surface area (Å²) in [6, 6.07) is 0.310. The molecule has 0 aromatic heterocycles. The Balaban J connectivity index is 3.20. The van der Waals surface area contributed by atoms with Gasteiger partial charge in [0.2, 0.25) is 23.6 Å². The summed E-state index contributed by atoms with van der Waals surface area (Å²) in [6.07, 6.45) is -1.14. The summed E-state index contributed by atoms with van der Waals surface area (Å²) in [5, 5.41) is 35.1. The first-order valence-electron chi connectivity index (χ1n) is 12.9. The van der Waals surface area contributed by atoms with E-state index < -0.39 is 59.7 Å². The third kappa shape index (κ3) is 13.9. The Morgan fingerprint density at radius 1 is 0.762 bits per heavy atom. The van der Waals surface area contributed by atoms with Gasteiger partial charge in [0.15, 0.2) is 5.96 Å². The smallest absolute Gasteiger partial charge is 0.326 e. The zero-order valence-corrected chi connectivity index (χ0v) is 22.8. The molecule has 17 heteroatoms. The molecule has 0 bridgehead atoms. The second-order valence-electron chi connectivity index (χ2n) is 9.39. The molecular weight excluding hydrogens is 556 g/mol. The van der Waals surface area contributed by atoms with Crippen LogP contribution in [0, 0.1) is 0 Å². The number of primary amides is 1. The van der Waals surface area contributed by atoms with Crippen molar-refractivity contribution in [2.24, 2.45) is 27.9 Å². The Bertz CT molecular complexity index is 1140. The quantitative estimate of drug-likeness (QED) is 0.0435. The topological polar surface area (TPSA) is 316 Å². The van der Waals surface area contributed by atoms with Gasteiger partial charge in [0.25, 0.3) is 0 Å². The number of guanidine groups is 1. The fourth-order valence-electron chi connectivity index (χ4n) is 3.63. The van der Waals surface area contributed by atoms with Crippen molar-refractivity contribution in [3.8, 4) is 5.75 Å². The third-order valence-electron chi connectivity index (χ3n) is 5.89. The van der Waals surface area contributed by atoms with Gasteiger partial charge in [0.1, 0.15) is 23.9 Å². The van der Waals surface area contributed by atoms with Crippen LogP contribution in [-0.2, 0) is 35.2 Å². The Kier molecular flexibility index (Phi) is 14.8. The highest BCUT2D eigenvalue weighted by Crippen LogP contribution is 2.12. The fourth-order valence-corrected chi connectivity index (χ4v) is 3.63. The van der Waals surface area contributed by atoms with E-state index in [4.69, 9.17) is 28.0 Å². The molecule has 1 aromatic rings. The molecule has 0 aliphatic heterocycles. The van der Waals surface area contributed by atoms with Crippen molar-refractivity contribution in [2.45, 2.75) is 69.1 Å². The number of phenolic OH excluding ortho intramolecular Hbond substituents is 1. The third-order valence-corrected chi connectivity index (χ3v) is 5.89. The van der Waals surface area contributed by atoms with E-state index in [1.54, 1.807) is 0 Å². The molecule has 42 heavy (non-hydrogen) atoms. The van der Waals surface area contributed by atoms with E-state index >= 15 is 0 Å². The number of benzene rings is 1. The molecule has 1 rings (SSSR count). The van der Waals surface area contributed by atoms with Crippen molar-refractivity contribution in [2.75, 3.05) is 6.54 Å². The summed E-state index contributed by atoms with van der Waals surface area (Å²) in [4.78, 5) is 76.6. The molecule has 0 radical (unpaired) electrons. The minimum absolute atomic E-state index is 0.0100. The van der Waals surface area contributed by atoms with Crippen molar-refractivity contribution in [3.05, 3.63) is 29.8 Å². The van der Waals surface area contributed by atoms with Crippen molar-refractivity contribution < 1.29 is 44.1 Å². The number of carboxylic acid groups (broad SMARTS) is 2. The summed E-state index contributed by atoms with van der Waals surface area (Å²) in [5.74, 6) is -6.16. The van der Waals surface area contributed by atoms with Gasteiger partial charge in [-0.2, -0.15) is 0 Å². The molecular formula is C25H38N8O9. The predicted octanol–water partition coefficient (Wildman–Crippen LogP) is -3.02. The lowest BCUT2D eigenvalue weighted by Crippen LogP contribution is -2.57. The minimum atomic E-state index is -1.49. The van der Waals surface area contributed by atoms with Crippen LogP contribution in [0.3, 0.4) is 0 Å². The molecule has 4 atom stereocenters. The molecule has 0 aliphatic carbocycles. The molecule has 4 unspecified atom stereocenters. The van der Waals surface area contributed by atoms with Crippen LogP contribution in [0.25, 0.3) is 0 Å². The van der Waals surface area contributed by atoms with Gasteiger partial charge in [-0.3, -0.25) is 29.0 Å². The maximum atomic E-state index is 13.3. The van der Waals surface area contributed by atoms with E-state index in [1.807, 2.05) is 0 Å². The SMILES string of the molecule is NC(=O)CCC(NC(=O)C(Cc1ccc(O)cc1)NC(=O)C(CCCN=C(N)N)NC(=O)C(N)CCC(=O)O)C(=O)O. The van der Waals surface area contributed by atoms with Gasteiger partial charge in [0, 0.05) is 25.8 Å². The van der Waals surface area contributed by atoms with Crippen molar-refractivity contribution >= 4 is 41.5 Å². The lowest BCUT2D eigenvalue weighted by Gasteiger charge is -2.25. The Hall–Kier alpha value is -4.93. The number of amides is 4. The van der Waals surface area contributed by atoms with Gasteiger partial charge in [-0.05, 0) is 43.4 Å². The monoisotopic (exact) mass is 594 g/mol. The van der Waals surface area contributed by atoms with Crippen LogP contribution in [0.5, 0.6) is 5.75 Å². The van der Waals surface area contributed by atoms with Crippen LogP contribution in [-0.4, -0.2) is 87.6 Å². The van der Waals surface area contributed by atoms with Gasteiger partial charge in [0.05, 0.1) is 6.04 Å². The summed E-state index contributed by atoms with van der Waals surface area (Å²) in [6.45, 7) is 0.102. The van der Waals surface area contributed by atoms with Gasteiger partial charge < -0.3 is 54.2 Å². The standard InChI is InChI=1S/C25H38N8O9/c26-15(7-10-20(36)37)21(38)31-16(2-1-11-30-25(28)29)22(39)33-18(12-13-3-5-14(34)6-4-13)23(40)32-17(24(41)42)8-9-19(27)35/h3-6,15-18,34H,1-2,7-12,26H2,(H2,27,35)(H,31,38)(H,32,40)(H,33,39)(H,36,37)(H,41,42)(H4,28,29,30). The van der Waals surface area contributed by atoms with Crippen molar-refractivity contribution in [3.63, 3.8) is 0 Å². The number of aromatic hydroxyl groups is 1. The first kappa shape index (κ1) is 35.1. The number of carboxylic acids is 2. The number of nitrogens with zero attached hydrogens (tertiary/aromatic N) is 1. The summed E-state index contributed by atoms with van der Waals surface area (Å²) in [7, 11) is 0. The number of carbonyl (C=O) groups excluding carboxylic acids is 4. The van der Waals surface area contributed by atoms with Crippen molar-refractivity contribution in [1.29, 1.82) is 0 Å². The summed E-state index contributed by atoms with van der Waals surface area (Å²) >= 11 is 0. The number of aliphatic carboxylic acids is 2. The summed E-state index contributed by atoms with van der Waals surface area (Å²) in [5.41, 5.74) is 22.0. The molecule has 232 valence electrons. The molecule has 1 aromatic carbocycles. The largest absolute Gasteiger partial charge is 0.508 e. The van der Waals surface area contributed by atoms with E-state index in [1.165, 1.54) is 24.3 Å². The van der Waals surface area contributed by atoms with Crippen LogP contribution < -0.4 is 38.9 Å². The lowest BCUT2D eigenvalue weighted by molar-refractivity contribution is -0.142. The number of nitrogens with two attached hydrogens (primary N) is 4. The second kappa shape index (κ2) is 17.7. The normalized spacial score (nSPS) is 13.5. The Morgan fingerprint density at radius 3 is 1.88 bits per heavy atom. The Labute approximate surface area is 241 Å². The van der Waals surface area contributed by atoms with Gasteiger partial charge in [-0.25, -0.2) is 4.79 Å².